The molecule has 6 rings (SSSR count). The zero-order chi connectivity index (χ0) is 24.5. The highest BCUT2D eigenvalue weighted by Crippen LogP contribution is 2.41. The number of benzene rings is 2. The molecule has 4 aliphatic rings. The molecular weight excluding hydrogens is 456 g/mol. The van der Waals surface area contributed by atoms with E-state index in [1.807, 2.05) is 18.2 Å². The van der Waals surface area contributed by atoms with Gasteiger partial charge in [-0.1, -0.05) is 18.6 Å². The molecule has 0 aromatic heterocycles. The molecule has 7 heteroatoms. The maximum Gasteiger partial charge on any atom is 0.255 e. The van der Waals surface area contributed by atoms with E-state index in [9.17, 15) is 4.79 Å². The molecule has 0 bridgehead atoms. The van der Waals surface area contributed by atoms with E-state index in [-0.39, 0.29) is 11.9 Å². The lowest BCUT2D eigenvalue weighted by Gasteiger charge is -2.47. The van der Waals surface area contributed by atoms with Gasteiger partial charge in [-0.2, -0.15) is 0 Å². The summed E-state index contributed by atoms with van der Waals surface area (Å²) in [5.74, 6) is 0.893. The van der Waals surface area contributed by atoms with Gasteiger partial charge in [-0.25, -0.2) is 0 Å². The van der Waals surface area contributed by atoms with Crippen molar-refractivity contribution in [1.82, 2.24) is 10.2 Å². The molecule has 3 heterocycles. The van der Waals surface area contributed by atoms with Gasteiger partial charge in [-0.3, -0.25) is 9.69 Å². The summed E-state index contributed by atoms with van der Waals surface area (Å²) in [6.07, 6.45) is 7.56. The summed E-state index contributed by atoms with van der Waals surface area (Å²) < 4.78 is 23.8. The van der Waals surface area contributed by atoms with E-state index < -0.39 is 5.79 Å². The molecule has 192 valence electrons. The third kappa shape index (κ3) is 4.72. The second kappa shape index (κ2) is 10.0. The van der Waals surface area contributed by atoms with E-state index in [0.717, 1.165) is 67.3 Å². The third-order valence-corrected chi connectivity index (χ3v) is 8.33. The molecule has 1 saturated carbocycles. The maximum absolute atomic E-state index is 12.9. The van der Waals surface area contributed by atoms with Crippen molar-refractivity contribution in [3.8, 4) is 22.6 Å². The molecule has 0 unspecified atom stereocenters. The molecule has 0 radical (unpaired) electrons. The first kappa shape index (κ1) is 23.8. The van der Waals surface area contributed by atoms with Crippen LogP contribution in [0.15, 0.2) is 36.4 Å². The van der Waals surface area contributed by atoms with Gasteiger partial charge >= 0.3 is 0 Å². The van der Waals surface area contributed by atoms with Crippen molar-refractivity contribution in [2.75, 3.05) is 33.4 Å². The zero-order valence-corrected chi connectivity index (χ0v) is 21.1. The van der Waals surface area contributed by atoms with E-state index in [0.29, 0.717) is 31.1 Å². The number of piperidine rings is 1. The monoisotopic (exact) mass is 492 g/mol. The molecule has 0 atom stereocenters. The Kier molecular flexibility index (Phi) is 6.63. The van der Waals surface area contributed by atoms with Crippen LogP contribution in [0.2, 0.25) is 0 Å². The summed E-state index contributed by atoms with van der Waals surface area (Å²) in [5.41, 5.74) is 3.64. The van der Waals surface area contributed by atoms with E-state index in [1.54, 1.807) is 7.11 Å². The number of likely N-dealkylation sites (tertiary alicyclic amines) is 1. The average Bonchev–Trinajstić information content (AvgIpc) is 2.89. The number of nitrogens with zero attached hydrogens (tertiary/aromatic N) is 1. The summed E-state index contributed by atoms with van der Waals surface area (Å²) >= 11 is 0. The Morgan fingerprint density at radius 1 is 1.03 bits per heavy atom. The van der Waals surface area contributed by atoms with Crippen LogP contribution in [-0.4, -0.2) is 62.1 Å². The van der Waals surface area contributed by atoms with Crippen LogP contribution in [0.3, 0.4) is 0 Å². The molecule has 36 heavy (non-hydrogen) atoms. The number of hydrogen-bond donors (Lipinski definition) is 1. The fourth-order valence-corrected chi connectivity index (χ4v) is 5.80. The number of ether oxygens (including phenoxy) is 4. The highest BCUT2D eigenvalue weighted by molar-refractivity contribution is 5.97. The van der Waals surface area contributed by atoms with E-state index in [2.05, 4.69) is 28.4 Å². The number of methoxy groups -OCH3 is 1. The van der Waals surface area contributed by atoms with Gasteiger partial charge in [0.25, 0.3) is 5.91 Å². The predicted octanol–water partition coefficient (Wildman–Crippen LogP) is 4.52. The van der Waals surface area contributed by atoms with Gasteiger partial charge in [-0.15, -0.1) is 0 Å². The maximum atomic E-state index is 12.9. The summed E-state index contributed by atoms with van der Waals surface area (Å²) in [6.45, 7) is 4.02. The number of rotatable bonds is 5. The molecular formula is C29H36N2O5. The normalized spacial score (nSPS) is 22.4. The Morgan fingerprint density at radius 3 is 2.50 bits per heavy atom. The summed E-state index contributed by atoms with van der Waals surface area (Å²) in [6, 6.07) is 12.9. The lowest BCUT2D eigenvalue weighted by molar-refractivity contribution is -0.231. The fourth-order valence-electron chi connectivity index (χ4n) is 5.80. The van der Waals surface area contributed by atoms with Crippen molar-refractivity contribution in [1.29, 1.82) is 0 Å². The standard InChI is InChI=1S/C29H36N2O5/c1-33-27-18-21(5-7-25(27)28(32)30-23-9-15-34-16-10-23)20-6-8-26-22(17-20)19-35-29(36-26)11-13-31(14-12-29)24-3-2-4-24/h5-8,17-18,23-24H,2-4,9-16,19H2,1H3,(H,30,32). The first-order valence-corrected chi connectivity index (χ1v) is 13.4. The minimum absolute atomic E-state index is 0.105. The molecule has 1 amide bonds. The van der Waals surface area contributed by atoms with E-state index in [1.165, 1.54) is 19.3 Å². The van der Waals surface area contributed by atoms with Crippen molar-refractivity contribution in [3.63, 3.8) is 0 Å². The van der Waals surface area contributed by atoms with Crippen molar-refractivity contribution >= 4 is 5.91 Å². The minimum atomic E-state index is -0.489. The lowest BCUT2D eigenvalue weighted by atomic mass is 9.89. The molecule has 1 spiro atoms. The first-order valence-electron chi connectivity index (χ1n) is 13.4. The Morgan fingerprint density at radius 2 is 1.78 bits per heavy atom. The first-order chi connectivity index (χ1) is 17.6. The molecule has 2 aromatic carbocycles. The number of carbonyl (C=O) groups is 1. The van der Waals surface area contributed by atoms with Gasteiger partial charge in [0.15, 0.2) is 0 Å². The highest BCUT2D eigenvalue weighted by atomic mass is 16.7. The number of amides is 1. The summed E-state index contributed by atoms with van der Waals surface area (Å²) in [5, 5.41) is 3.12. The van der Waals surface area contributed by atoms with Crippen LogP contribution < -0.4 is 14.8 Å². The molecule has 7 nitrogen and oxygen atoms in total. The number of hydrogen-bond acceptors (Lipinski definition) is 6. The second-order valence-corrected chi connectivity index (χ2v) is 10.5. The van der Waals surface area contributed by atoms with Crippen LogP contribution in [0.5, 0.6) is 11.5 Å². The fraction of sp³-hybridized carbons (Fsp3) is 0.552. The van der Waals surface area contributed by atoms with Gasteiger partial charge < -0.3 is 24.3 Å². The van der Waals surface area contributed by atoms with Crippen molar-refractivity contribution in [2.45, 2.75) is 69.4 Å². The second-order valence-electron chi connectivity index (χ2n) is 10.5. The smallest absolute Gasteiger partial charge is 0.255 e. The molecule has 1 aliphatic carbocycles. The summed E-state index contributed by atoms with van der Waals surface area (Å²) in [4.78, 5) is 15.5. The average molecular weight is 493 g/mol. The summed E-state index contributed by atoms with van der Waals surface area (Å²) in [7, 11) is 1.61. The molecule has 2 aromatic rings. The number of nitrogens with one attached hydrogen (secondary N) is 1. The van der Waals surface area contributed by atoms with Crippen LogP contribution in [-0.2, 0) is 16.1 Å². The quantitative estimate of drug-likeness (QED) is 0.662. The van der Waals surface area contributed by atoms with Crippen LogP contribution in [0, 0.1) is 0 Å². The van der Waals surface area contributed by atoms with Crippen molar-refractivity contribution < 1.29 is 23.7 Å². The Labute approximate surface area is 213 Å². The van der Waals surface area contributed by atoms with E-state index in [4.69, 9.17) is 18.9 Å². The molecule has 3 fully saturated rings. The van der Waals surface area contributed by atoms with Gasteiger partial charge in [0.2, 0.25) is 5.79 Å². The van der Waals surface area contributed by atoms with Crippen LogP contribution in [0.1, 0.15) is 60.9 Å². The van der Waals surface area contributed by atoms with Crippen molar-refractivity contribution in [3.05, 3.63) is 47.5 Å². The van der Waals surface area contributed by atoms with Crippen LogP contribution in [0.4, 0.5) is 0 Å². The largest absolute Gasteiger partial charge is 0.496 e. The molecule has 2 saturated heterocycles. The zero-order valence-electron chi connectivity index (χ0n) is 21.1. The van der Waals surface area contributed by atoms with Gasteiger partial charge in [0.1, 0.15) is 11.5 Å². The topological polar surface area (TPSA) is 69.3 Å². The predicted molar refractivity (Wildman–Crippen MR) is 136 cm³/mol. The van der Waals surface area contributed by atoms with Crippen LogP contribution in [0.25, 0.3) is 11.1 Å². The minimum Gasteiger partial charge on any atom is -0.496 e. The van der Waals surface area contributed by atoms with Gasteiger partial charge in [-0.05, 0) is 61.1 Å². The van der Waals surface area contributed by atoms with Crippen LogP contribution >= 0.6 is 0 Å². The Hall–Kier alpha value is -2.61. The van der Waals surface area contributed by atoms with Gasteiger partial charge in [0.05, 0.1) is 19.3 Å². The lowest BCUT2D eigenvalue weighted by Crippen LogP contribution is -2.54. The number of carbonyl (C=O) groups excluding carboxylic acids is 1. The highest BCUT2D eigenvalue weighted by Gasteiger charge is 2.42. The van der Waals surface area contributed by atoms with Gasteiger partial charge in [0, 0.05) is 56.8 Å². The Bertz CT molecular complexity index is 1100. The third-order valence-electron chi connectivity index (χ3n) is 8.33. The Balaban J connectivity index is 1.15. The molecule has 3 aliphatic heterocycles. The molecule has 1 N–H and O–H groups in total. The van der Waals surface area contributed by atoms with Crippen molar-refractivity contribution in [2.24, 2.45) is 0 Å². The van der Waals surface area contributed by atoms with E-state index >= 15 is 0 Å². The SMILES string of the molecule is COc1cc(-c2ccc3c(c2)COC2(CCN(C4CCC4)CC2)O3)ccc1C(=O)NC1CCOCC1. The number of fused-ring (bicyclic) bond motifs is 1.